The number of hydrogen-bond donors (Lipinski definition) is 3. The van der Waals surface area contributed by atoms with Crippen molar-refractivity contribution in [2.45, 2.75) is 13.0 Å². The second kappa shape index (κ2) is 4.72. The molecule has 0 fully saturated rings. The molecule has 4 N–H and O–H groups in total. The van der Waals surface area contributed by atoms with Crippen LogP contribution in [0.4, 0.5) is 11.4 Å². The molecule has 0 radical (unpaired) electrons. The SMILES string of the molecule is COc1ccc(N)c(NCC(C)O)c1. The Balaban J connectivity index is 2.73. The summed E-state index contributed by atoms with van der Waals surface area (Å²) in [5, 5.41) is 12.1. The highest BCUT2D eigenvalue weighted by Crippen LogP contribution is 2.24. The standard InChI is InChI=1S/C10H16N2O2/c1-7(13)6-12-10-5-8(14-2)3-4-9(10)11/h3-5,7,12-13H,6,11H2,1-2H3. The fourth-order valence-corrected chi connectivity index (χ4v) is 1.07. The summed E-state index contributed by atoms with van der Waals surface area (Å²) >= 11 is 0. The summed E-state index contributed by atoms with van der Waals surface area (Å²) in [7, 11) is 1.60. The van der Waals surface area contributed by atoms with Crippen LogP contribution in [0.25, 0.3) is 0 Å². The van der Waals surface area contributed by atoms with E-state index >= 15 is 0 Å². The van der Waals surface area contributed by atoms with Crippen LogP contribution < -0.4 is 15.8 Å². The lowest BCUT2D eigenvalue weighted by Crippen LogP contribution is -2.16. The lowest BCUT2D eigenvalue weighted by atomic mass is 10.2. The van der Waals surface area contributed by atoms with Crippen LogP contribution in [-0.4, -0.2) is 24.9 Å². The summed E-state index contributed by atoms with van der Waals surface area (Å²) < 4.78 is 5.06. The van der Waals surface area contributed by atoms with E-state index in [-0.39, 0.29) is 0 Å². The predicted molar refractivity (Wildman–Crippen MR) is 57.6 cm³/mol. The molecule has 0 heterocycles. The molecule has 1 atom stereocenters. The van der Waals surface area contributed by atoms with Gasteiger partial charge in [0.2, 0.25) is 0 Å². The van der Waals surface area contributed by atoms with E-state index in [1.807, 2.05) is 0 Å². The van der Waals surface area contributed by atoms with Gasteiger partial charge in [0.15, 0.2) is 0 Å². The number of aliphatic hydroxyl groups excluding tert-OH is 1. The molecule has 0 saturated carbocycles. The van der Waals surface area contributed by atoms with Crippen molar-refractivity contribution >= 4 is 11.4 Å². The van der Waals surface area contributed by atoms with Crippen molar-refractivity contribution in [1.82, 2.24) is 0 Å². The molecule has 0 saturated heterocycles. The van der Waals surface area contributed by atoms with Crippen LogP contribution >= 0.6 is 0 Å². The fourth-order valence-electron chi connectivity index (χ4n) is 1.07. The zero-order valence-electron chi connectivity index (χ0n) is 8.45. The molecule has 1 rings (SSSR count). The van der Waals surface area contributed by atoms with Crippen molar-refractivity contribution in [3.8, 4) is 5.75 Å². The number of aliphatic hydroxyl groups is 1. The van der Waals surface area contributed by atoms with E-state index in [0.717, 1.165) is 11.4 Å². The first-order chi connectivity index (χ1) is 6.63. The van der Waals surface area contributed by atoms with Crippen LogP contribution in [0.5, 0.6) is 5.75 Å². The van der Waals surface area contributed by atoms with Crippen molar-refractivity contribution in [2.24, 2.45) is 0 Å². The smallest absolute Gasteiger partial charge is 0.121 e. The van der Waals surface area contributed by atoms with E-state index in [2.05, 4.69) is 5.32 Å². The Labute approximate surface area is 83.7 Å². The number of benzene rings is 1. The maximum absolute atomic E-state index is 9.10. The van der Waals surface area contributed by atoms with Gasteiger partial charge in [-0.15, -0.1) is 0 Å². The first kappa shape index (κ1) is 10.7. The van der Waals surface area contributed by atoms with Gasteiger partial charge in [-0.2, -0.15) is 0 Å². The summed E-state index contributed by atoms with van der Waals surface area (Å²) in [6.45, 7) is 2.18. The highest BCUT2D eigenvalue weighted by atomic mass is 16.5. The molecular weight excluding hydrogens is 180 g/mol. The van der Waals surface area contributed by atoms with E-state index in [4.69, 9.17) is 15.6 Å². The number of nitrogens with one attached hydrogen (secondary N) is 1. The lowest BCUT2D eigenvalue weighted by Gasteiger charge is -2.11. The van der Waals surface area contributed by atoms with E-state index in [1.165, 1.54) is 0 Å². The van der Waals surface area contributed by atoms with Crippen molar-refractivity contribution in [2.75, 3.05) is 24.7 Å². The Morgan fingerprint density at radius 2 is 2.29 bits per heavy atom. The Bertz CT molecular complexity index is 300. The molecule has 4 heteroatoms. The molecule has 0 bridgehead atoms. The van der Waals surface area contributed by atoms with Gasteiger partial charge in [0, 0.05) is 12.6 Å². The number of ether oxygens (including phenoxy) is 1. The third-order valence-electron chi connectivity index (χ3n) is 1.85. The minimum atomic E-state index is -0.402. The summed E-state index contributed by atoms with van der Waals surface area (Å²) in [6.07, 6.45) is -0.402. The third kappa shape index (κ3) is 2.81. The normalized spacial score (nSPS) is 12.2. The van der Waals surface area contributed by atoms with Crippen LogP contribution in [0.15, 0.2) is 18.2 Å². The van der Waals surface area contributed by atoms with Gasteiger partial charge in [0.05, 0.1) is 24.6 Å². The van der Waals surface area contributed by atoms with Gasteiger partial charge < -0.3 is 20.9 Å². The van der Waals surface area contributed by atoms with Gasteiger partial charge in [-0.05, 0) is 19.1 Å². The molecule has 14 heavy (non-hydrogen) atoms. The zero-order chi connectivity index (χ0) is 10.6. The van der Waals surface area contributed by atoms with Crippen LogP contribution in [0, 0.1) is 0 Å². The van der Waals surface area contributed by atoms with Gasteiger partial charge >= 0.3 is 0 Å². The first-order valence-corrected chi connectivity index (χ1v) is 4.49. The highest BCUT2D eigenvalue weighted by molar-refractivity contribution is 5.68. The molecule has 4 nitrogen and oxygen atoms in total. The van der Waals surface area contributed by atoms with E-state index < -0.39 is 6.10 Å². The fraction of sp³-hybridized carbons (Fsp3) is 0.400. The van der Waals surface area contributed by atoms with Crippen molar-refractivity contribution in [3.63, 3.8) is 0 Å². The van der Waals surface area contributed by atoms with E-state index in [1.54, 1.807) is 32.2 Å². The topological polar surface area (TPSA) is 67.5 Å². The van der Waals surface area contributed by atoms with E-state index in [0.29, 0.717) is 12.2 Å². The average molecular weight is 196 g/mol. The van der Waals surface area contributed by atoms with Crippen LogP contribution in [0.1, 0.15) is 6.92 Å². The van der Waals surface area contributed by atoms with Crippen molar-refractivity contribution in [1.29, 1.82) is 0 Å². The summed E-state index contributed by atoms with van der Waals surface area (Å²) in [5.74, 6) is 0.743. The molecule has 0 amide bonds. The summed E-state index contributed by atoms with van der Waals surface area (Å²) in [5.41, 5.74) is 7.16. The molecule has 78 valence electrons. The number of nitrogen functional groups attached to an aromatic ring is 1. The first-order valence-electron chi connectivity index (χ1n) is 4.49. The van der Waals surface area contributed by atoms with Crippen molar-refractivity contribution in [3.05, 3.63) is 18.2 Å². The minimum Gasteiger partial charge on any atom is -0.497 e. The molecule has 0 aliphatic rings. The Hall–Kier alpha value is -1.42. The highest BCUT2D eigenvalue weighted by Gasteiger charge is 2.02. The number of methoxy groups -OCH3 is 1. The largest absolute Gasteiger partial charge is 0.497 e. The number of nitrogens with two attached hydrogens (primary N) is 1. The van der Waals surface area contributed by atoms with E-state index in [9.17, 15) is 0 Å². The molecule has 0 spiro atoms. The number of anilines is 2. The summed E-state index contributed by atoms with van der Waals surface area (Å²) in [4.78, 5) is 0. The average Bonchev–Trinajstić information content (AvgIpc) is 2.16. The Morgan fingerprint density at radius 1 is 1.57 bits per heavy atom. The molecule has 1 unspecified atom stereocenters. The molecular formula is C10H16N2O2. The predicted octanol–water partition coefficient (Wildman–Crippen LogP) is 1.07. The minimum absolute atomic E-state index is 0.402. The molecule has 0 aliphatic carbocycles. The quantitative estimate of drug-likeness (QED) is 0.630. The monoisotopic (exact) mass is 196 g/mol. The lowest BCUT2D eigenvalue weighted by molar-refractivity contribution is 0.208. The number of rotatable bonds is 4. The van der Waals surface area contributed by atoms with Crippen LogP contribution in [0.3, 0.4) is 0 Å². The van der Waals surface area contributed by atoms with Crippen molar-refractivity contribution < 1.29 is 9.84 Å². The maximum Gasteiger partial charge on any atom is 0.121 e. The molecule has 1 aromatic rings. The van der Waals surface area contributed by atoms with Gasteiger partial charge in [0.25, 0.3) is 0 Å². The summed E-state index contributed by atoms with van der Waals surface area (Å²) in [6, 6.07) is 5.36. The zero-order valence-corrected chi connectivity index (χ0v) is 8.45. The van der Waals surface area contributed by atoms with Gasteiger partial charge in [-0.1, -0.05) is 0 Å². The van der Waals surface area contributed by atoms with Gasteiger partial charge in [-0.3, -0.25) is 0 Å². The Morgan fingerprint density at radius 3 is 2.86 bits per heavy atom. The number of hydrogen-bond acceptors (Lipinski definition) is 4. The third-order valence-corrected chi connectivity index (χ3v) is 1.85. The second-order valence-electron chi connectivity index (χ2n) is 3.18. The van der Waals surface area contributed by atoms with Crippen LogP contribution in [0.2, 0.25) is 0 Å². The Kier molecular flexibility index (Phi) is 3.59. The maximum atomic E-state index is 9.10. The van der Waals surface area contributed by atoms with Gasteiger partial charge in [0.1, 0.15) is 5.75 Å². The van der Waals surface area contributed by atoms with Gasteiger partial charge in [-0.25, -0.2) is 0 Å². The molecule has 1 aromatic carbocycles. The van der Waals surface area contributed by atoms with Crippen LogP contribution in [-0.2, 0) is 0 Å². The molecule has 0 aliphatic heterocycles. The second-order valence-corrected chi connectivity index (χ2v) is 3.18. The molecule has 0 aromatic heterocycles.